The third-order valence-electron chi connectivity index (χ3n) is 2.71. The number of benzene rings is 2. The molecule has 2 rings (SSSR count). The first-order chi connectivity index (χ1) is 8.22. The van der Waals surface area contributed by atoms with Gasteiger partial charge in [0.15, 0.2) is 5.78 Å². The number of hydrogen-bond acceptors (Lipinski definition) is 2. The number of hydrogen-bond donors (Lipinski definition) is 0. The first kappa shape index (κ1) is 11.4. The van der Waals surface area contributed by atoms with E-state index in [1.807, 2.05) is 48.5 Å². The highest BCUT2D eigenvalue weighted by Gasteiger charge is 2.07. The van der Waals surface area contributed by atoms with Crippen LogP contribution in [-0.2, 0) is 0 Å². The summed E-state index contributed by atoms with van der Waals surface area (Å²) < 4.78 is 5.12. The second-order valence-corrected chi connectivity index (χ2v) is 3.83. The topological polar surface area (TPSA) is 26.3 Å². The van der Waals surface area contributed by atoms with Crippen LogP contribution in [0.2, 0.25) is 0 Å². The zero-order chi connectivity index (χ0) is 12.3. The van der Waals surface area contributed by atoms with E-state index in [0.717, 1.165) is 22.4 Å². The Hall–Kier alpha value is -2.09. The van der Waals surface area contributed by atoms with Crippen LogP contribution in [0.4, 0.5) is 0 Å². The standard InChI is InChI=1S/C15H14O2/c1-11(16)14-5-3-4-6-15(14)12-7-9-13(17-2)10-8-12/h3-10H,1-2H3. The summed E-state index contributed by atoms with van der Waals surface area (Å²) in [5.41, 5.74) is 2.73. The molecule has 0 radical (unpaired) electrons. The Kier molecular flexibility index (Phi) is 3.24. The number of rotatable bonds is 3. The molecule has 0 bridgehead atoms. The van der Waals surface area contributed by atoms with Crippen molar-refractivity contribution in [3.63, 3.8) is 0 Å². The molecule has 0 aromatic heterocycles. The van der Waals surface area contributed by atoms with Crippen LogP contribution in [-0.4, -0.2) is 12.9 Å². The van der Waals surface area contributed by atoms with E-state index < -0.39 is 0 Å². The lowest BCUT2D eigenvalue weighted by Crippen LogP contribution is -1.95. The van der Waals surface area contributed by atoms with Gasteiger partial charge in [-0.05, 0) is 30.2 Å². The van der Waals surface area contributed by atoms with E-state index in [4.69, 9.17) is 4.74 Å². The van der Waals surface area contributed by atoms with Gasteiger partial charge in [-0.3, -0.25) is 4.79 Å². The molecule has 0 unspecified atom stereocenters. The highest BCUT2D eigenvalue weighted by Crippen LogP contribution is 2.25. The molecule has 2 nitrogen and oxygen atoms in total. The Morgan fingerprint density at radius 3 is 2.24 bits per heavy atom. The Balaban J connectivity index is 2.48. The van der Waals surface area contributed by atoms with Crippen LogP contribution < -0.4 is 4.74 Å². The number of carbonyl (C=O) groups excluding carboxylic acids is 1. The molecule has 0 saturated carbocycles. The fourth-order valence-corrected chi connectivity index (χ4v) is 1.81. The summed E-state index contributed by atoms with van der Waals surface area (Å²) in [6.45, 7) is 1.59. The zero-order valence-electron chi connectivity index (χ0n) is 9.94. The van der Waals surface area contributed by atoms with E-state index >= 15 is 0 Å². The van der Waals surface area contributed by atoms with E-state index in [0.29, 0.717) is 0 Å². The monoisotopic (exact) mass is 226 g/mol. The Labute approximate surface area is 101 Å². The Morgan fingerprint density at radius 1 is 1.00 bits per heavy atom. The number of Topliss-reactive ketones (excluding diaryl/α,β-unsaturated/α-hetero) is 1. The van der Waals surface area contributed by atoms with Gasteiger partial charge >= 0.3 is 0 Å². The highest BCUT2D eigenvalue weighted by atomic mass is 16.5. The molecular formula is C15H14O2. The summed E-state index contributed by atoms with van der Waals surface area (Å²) in [4.78, 5) is 11.5. The fourth-order valence-electron chi connectivity index (χ4n) is 1.81. The summed E-state index contributed by atoms with van der Waals surface area (Å²) in [6.07, 6.45) is 0. The molecule has 0 amide bonds. The quantitative estimate of drug-likeness (QED) is 0.748. The van der Waals surface area contributed by atoms with Crippen molar-refractivity contribution in [2.24, 2.45) is 0 Å². The van der Waals surface area contributed by atoms with Crippen molar-refractivity contribution >= 4 is 5.78 Å². The number of ketones is 1. The van der Waals surface area contributed by atoms with Crippen molar-refractivity contribution < 1.29 is 9.53 Å². The van der Waals surface area contributed by atoms with Crippen molar-refractivity contribution in [2.75, 3.05) is 7.11 Å². The van der Waals surface area contributed by atoms with Gasteiger partial charge in [0.05, 0.1) is 7.11 Å². The predicted octanol–water partition coefficient (Wildman–Crippen LogP) is 3.56. The molecule has 0 saturated heterocycles. The van der Waals surface area contributed by atoms with Crippen molar-refractivity contribution in [1.29, 1.82) is 0 Å². The molecule has 0 spiro atoms. The smallest absolute Gasteiger partial charge is 0.160 e. The van der Waals surface area contributed by atoms with Crippen molar-refractivity contribution in [3.05, 3.63) is 54.1 Å². The molecule has 0 heterocycles. The van der Waals surface area contributed by atoms with Gasteiger partial charge in [-0.15, -0.1) is 0 Å². The minimum Gasteiger partial charge on any atom is -0.497 e. The van der Waals surface area contributed by atoms with Crippen molar-refractivity contribution in [3.8, 4) is 16.9 Å². The normalized spacial score (nSPS) is 10.0. The van der Waals surface area contributed by atoms with Gasteiger partial charge < -0.3 is 4.74 Å². The molecule has 0 fully saturated rings. The summed E-state index contributed by atoms with van der Waals surface area (Å²) in [5, 5.41) is 0. The van der Waals surface area contributed by atoms with Gasteiger partial charge in [0, 0.05) is 5.56 Å². The van der Waals surface area contributed by atoms with Crippen LogP contribution in [0, 0.1) is 0 Å². The van der Waals surface area contributed by atoms with Crippen LogP contribution in [0.15, 0.2) is 48.5 Å². The van der Waals surface area contributed by atoms with Crippen LogP contribution in [0.3, 0.4) is 0 Å². The molecular weight excluding hydrogens is 212 g/mol. The van der Waals surface area contributed by atoms with Crippen LogP contribution in [0.25, 0.3) is 11.1 Å². The van der Waals surface area contributed by atoms with E-state index in [-0.39, 0.29) is 5.78 Å². The summed E-state index contributed by atoms with van der Waals surface area (Å²) in [5.74, 6) is 0.894. The largest absolute Gasteiger partial charge is 0.497 e. The van der Waals surface area contributed by atoms with E-state index in [1.165, 1.54) is 0 Å². The number of ether oxygens (including phenoxy) is 1. The molecule has 2 aromatic carbocycles. The zero-order valence-corrected chi connectivity index (χ0v) is 9.94. The first-order valence-corrected chi connectivity index (χ1v) is 5.47. The molecule has 0 aliphatic carbocycles. The molecule has 2 aromatic rings. The van der Waals surface area contributed by atoms with E-state index in [2.05, 4.69) is 0 Å². The third-order valence-corrected chi connectivity index (χ3v) is 2.71. The molecule has 86 valence electrons. The van der Waals surface area contributed by atoms with Gasteiger partial charge in [-0.2, -0.15) is 0 Å². The minimum absolute atomic E-state index is 0.0800. The lowest BCUT2D eigenvalue weighted by atomic mass is 9.97. The average Bonchev–Trinajstić information content (AvgIpc) is 2.39. The lowest BCUT2D eigenvalue weighted by Gasteiger charge is -2.07. The number of carbonyl (C=O) groups is 1. The summed E-state index contributed by atoms with van der Waals surface area (Å²) in [6, 6.07) is 15.3. The maximum absolute atomic E-state index is 11.5. The Morgan fingerprint density at radius 2 is 1.65 bits per heavy atom. The van der Waals surface area contributed by atoms with Gasteiger partial charge in [0.1, 0.15) is 5.75 Å². The molecule has 0 N–H and O–H groups in total. The van der Waals surface area contributed by atoms with Gasteiger partial charge in [-0.1, -0.05) is 36.4 Å². The Bertz CT molecular complexity index is 527. The maximum atomic E-state index is 11.5. The molecule has 0 aliphatic rings. The minimum atomic E-state index is 0.0800. The fraction of sp³-hybridized carbons (Fsp3) is 0.133. The van der Waals surface area contributed by atoms with E-state index in [9.17, 15) is 4.79 Å². The van der Waals surface area contributed by atoms with Gasteiger partial charge in [-0.25, -0.2) is 0 Å². The van der Waals surface area contributed by atoms with Crippen molar-refractivity contribution in [2.45, 2.75) is 6.92 Å². The molecule has 2 heteroatoms. The van der Waals surface area contributed by atoms with Gasteiger partial charge in [0.25, 0.3) is 0 Å². The SMILES string of the molecule is COc1ccc(-c2ccccc2C(C)=O)cc1. The first-order valence-electron chi connectivity index (χ1n) is 5.47. The number of methoxy groups -OCH3 is 1. The summed E-state index contributed by atoms with van der Waals surface area (Å²) >= 11 is 0. The highest BCUT2D eigenvalue weighted by molar-refractivity contribution is 6.00. The predicted molar refractivity (Wildman–Crippen MR) is 68.4 cm³/mol. The molecule has 0 aliphatic heterocycles. The van der Waals surface area contributed by atoms with Crippen LogP contribution in [0.1, 0.15) is 17.3 Å². The lowest BCUT2D eigenvalue weighted by molar-refractivity contribution is 0.101. The van der Waals surface area contributed by atoms with E-state index in [1.54, 1.807) is 14.0 Å². The third kappa shape index (κ3) is 2.36. The summed E-state index contributed by atoms with van der Waals surface area (Å²) in [7, 11) is 1.64. The average molecular weight is 226 g/mol. The molecule has 0 atom stereocenters. The second-order valence-electron chi connectivity index (χ2n) is 3.83. The van der Waals surface area contributed by atoms with Crippen molar-refractivity contribution in [1.82, 2.24) is 0 Å². The molecule has 17 heavy (non-hydrogen) atoms. The van der Waals surface area contributed by atoms with Crippen LogP contribution in [0.5, 0.6) is 5.75 Å². The van der Waals surface area contributed by atoms with Crippen LogP contribution >= 0.6 is 0 Å². The van der Waals surface area contributed by atoms with Gasteiger partial charge in [0.2, 0.25) is 0 Å². The maximum Gasteiger partial charge on any atom is 0.160 e. The second kappa shape index (κ2) is 4.83.